The average Bonchev–Trinajstić information content (AvgIpc) is 2.84. The molecule has 3 aromatic rings. The molecule has 0 bridgehead atoms. The van der Waals surface area contributed by atoms with Crippen LogP contribution in [0.2, 0.25) is 0 Å². The fourth-order valence-electron chi connectivity index (χ4n) is 2.19. The van der Waals surface area contributed by atoms with Gasteiger partial charge in [-0.2, -0.15) is 0 Å². The number of carbonyl (C=O) groups excluding carboxylic acids is 1. The molecule has 0 aliphatic heterocycles. The standard InChI is InChI=1S/C15H10BrN3O5/c16-9-1-3-10(4-2-9)17-14(20)8-18-12-7-11(19(22)23)5-6-13(12)24-15(18)21/h1-7H,8H2,(H,17,20). The Morgan fingerprint density at radius 3 is 2.62 bits per heavy atom. The summed E-state index contributed by atoms with van der Waals surface area (Å²) in [6, 6.07) is 10.7. The number of oxazole rings is 1. The predicted molar refractivity (Wildman–Crippen MR) is 89.9 cm³/mol. The molecule has 122 valence electrons. The number of hydrogen-bond acceptors (Lipinski definition) is 5. The number of nitrogens with one attached hydrogen (secondary N) is 1. The Bertz CT molecular complexity index is 991. The third-order valence-corrected chi connectivity index (χ3v) is 3.82. The van der Waals surface area contributed by atoms with E-state index in [-0.39, 0.29) is 23.3 Å². The number of fused-ring (bicyclic) bond motifs is 1. The SMILES string of the molecule is O=C(Cn1c(=O)oc2ccc([N+](=O)[O-])cc21)Nc1ccc(Br)cc1. The number of amides is 1. The van der Waals surface area contributed by atoms with E-state index in [9.17, 15) is 19.7 Å². The number of benzene rings is 2. The Morgan fingerprint density at radius 2 is 1.96 bits per heavy atom. The van der Waals surface area contributed by atoms with Gasteiger partial charge in [0.05, 0.1) is 10.4 Å². The Labute approximate surface area is 143 Å². The first-order valence-electron chi connectivity index (χ1n) is 6.77. The lowest BCUT2D eigenvalue weighted by molar-refractivity contribution is -0.384. The van der Waals surface area contributed by atoms with Crippen LogP contribution in [-0.4, -0.2) is 15.4 Å². The maximum absolute atomic E-state index is 12.1. The van der Waals surface area contributed by atoms with E-state index in [0.29, 0.717) is 5.69 Å². The summed E-state index contributed by atoms with van der Waals surface area (Å²) in [6.45, 7) is -0.316. The molecular formula is C15H10BrN3O5. The quantitative estimate of drug-likeness (QED) is 0.543. The molecule has 0 atom stereocenters. The van der Waals surface area contributed by atoms with Crippen LogP contribution in [0, 0.1) is 10.1 Å². The molecule has 0 aliphatic rings. The molecule has 1 N–H and O–H groups in total. The average molecular weight is 392 g/mol. The highest BCUT2D eigenvalue weighted by molar-refractivity contribution is 9.10. The molecule has 1 aromatic heterocycles. The minimum atomic E-state index is -0.753. The third kappa shape index (κ3) is 3.20. The van der Waals surface area contributed by atoms with Crippen molar-refractivity contribution in [2.45, 2.75) is 6.54 Å². The number of anilines is 1. The summed E-state index contributed by atoms with van der Waals surface area (Å²) in [5.74, 6) is -1.20. The highest BCUT2D eigenvalue weighted by Crippen LogP contribution is 2.20. The van der Waals surface area contributed by atoms with E-state index >= 15 is 0 Å². The smallest absolute Gasteiger partial charge is 0.408 e. The fraction of sp³-hybridized carbons (Fsp3) is 0.0667. The van der Waals surface area contributed by atoms with Gasteiger partial charge in [-0.05, 0) is 30.3 Å². The lowest BCUT2D eigenvalue weighted by Gasteiger charge is -2.05. The molecule has 0 radical (unpaired) electrons. The van der Waals surface area contributed by atoms with Crippen LogP contribution < -0.4 is 11.1 Å². The number of aromatic nitrogens is 1. The largest absolute Gasteiger partial charge is 0.420 e. The zero-order valence-electron chi connectivity index (χ0n) is 12.1. The van der Waals surface area contributed by atoms with Crippen LogP contribution in [0.3, 0.4) is 0 Å². The molecule has 1 heterocycles. The summed E-state index contributed by atoms with van der Waals surface area (Å²) in [4.78, 5) is 34.3. The molecule has 0 saturated heterocycles. The molecule has 1 amide bonds. The van der Waals surface area contributed by atoms with Crippen LogP contribution in [0.5, 0.6) is 0 Å². The molecule has 9 heteroatoms. The zero-order valence-corrected chi connectivity index (χ0v) is 13.6. The van der Waals surface area contributed by atoms with Crippen LogP contribution >= 0.6 is 15.9 Å². The zero-order chi connectivity index (χ0) is 17.3. The van der Waals surface area contributed by atoms with Gasteiger partial charge in [0.1, 0.15) is 6.54 Å². The van der Waals surface area contributed by atoms with Gasteiger partial charge in [0.2, 0.25) is 5.91 Å². The summed E-state index contributed by atoms with van der Waals surface area (Å²) in [7, 11) is 0. The highest BCUT2D eigenvalue weighted by atomic mass is 79.9. The summed E-state index contributed by atoms with van der Waals surface area (Å²) < 4.78 is 6.92. The van der Waals surface area contributed by atoms with Crippen molar-refractivity contribution in [3.63, 3.8) is 0 Å². The van der Waals surface area contributed by atoms with Gasteiger partial charge >= 0.3 is 5.76 Å². The number of nitrogens with zero attached hydrogens (tertiary/aromatic N) is 2. The van der Waals surface area contributed by atoms with Crippen molar-refractivity contribution in [2.24, 2.45) is 0 Å². The van der Waals surface area contributed by atoms with Gasteiger partial charge in [-0.25, -0.2) is 4.79 Å². The minimum Gasteiger partial charge on any atom is -0.408 e. The van der Waals surface area contributed by atoms with Gasteiger partial charge in [-0.15, -0.1) is 0 Å². The van der Waals surface area contributed by atoms with Gasteiger partial charge in [-0.1, -0.05) is 15.9 Å². The van der Waals surface area contributed by atoms with E-state index in [0.717, 1.165) is 9.04 Å². The number of halogens is 1. The summed E-state index contributed by atoms with van der Waals surface area (Å²) in [6.07, 6.45) is 0. The second-order valence-electron chi connectivity index (χ2n) is 4.92. The third-order valence-electron chi connectivity index (χ3n) is 3.29. The van der Waals surface area contributed by atoms with Crippen molar-refractivity contribution < 1.29 is 14.1 Å². The number of carbonyl (C=O) groups is 1. The predicted octanol–water partition coefficient (Wildman–Crippen LogP) is 2.90. The Balaban J connectivity index is 1.88. The van der Waals surface area contributed by atoms with Gasteiger partial charge < -0.3 is 9.73 Å². The molecule has 0 saturated carbocycles. The number of nitro groups is 1. The molecule has 2 aromatic carbocycles. The van der Waals surface area contributed by atoms with Crippen LogP contribution in [0.1, 0.15) is 0 Å². The van der Waals surface area contributed by atoms with Gasteiger partial charge in [0, 0.05) is 22.3 Å². The topological polar surface area (TPSA) is 107 Å². The van der Waals surface area contributed by atoms with Crippen molar-refractivity contribution in [1.29, 1.82) is 0 Å². The van der Waals surface area contributed by atoms with Crippen LogP contribution in [0.25, 0.3) is 11.1 Å². The fourth-order valence-corrected chi connectivity index (χ4v) is 2.46. The molecule has 3 rings (SSSR count). The van der Waals surface area contributed by atoms with E-state index in [1.807, 2.05) is 0 Å². The molecule has 24 heavy (non-hydrogen) atoms. The summed E-state index contributed by atoms with van der Waals surface area (Å²) in [5, 5.41) is 13.5. The first kappa shape index (κ1) is 15.9. The van der Waals surface area contributed by atoms with Crippen molar-refractivity contribution in [1.82, 2.24) is 4.57 Å². The number of hydrogen-bond donors (Lipinski definition) is 1. The van der Waals surface area contributed by atoms with Gasteiger partial charge in [0.15, 0.2) is 5.58 Å². The minimum absolute atomic E-state index is 0.182. The summed E-state index contributed by atoms with van der Waals surface area (Å²) >= 11 is 3.29. The second-order valence-corrected chi connectivity index (χ2v) is 5.83. The van der Waals surface area contributed by atoms with E-state index < -0.39 is 16.6 Å². The monoisotopic (exact) mass is 391 g/mol. The first-order chi connectivity index (χ1) is 11.4. The van der Waals surface area contributed by atoms with E-state index in [4.69, 9.17) is 4.42 Å². The van der Waals surface area contributed by atoms with Crippen molar-refractivity contribution in [2.75, 3.05) is 5.32 Å². The second kappa shape index (κ2) is 6.28. The molecule has 0 fully saturated rings. The molecule has 0 aliphatic carbocycles. The number of non-ortho nitro benzene ring substituents is 1. The van der Waals surface area contributed by atoms with Crippen molar-refractivity contribution in [3.05, 3.63) is 67.6 Å². The van der Waals surface area contributed by atoms with Crippen LogP contribution in [0.15, 0.2) is 56.1 Å². The highest BCUT2D eigenvalue weighted by Gasteiger charge is 2.16. The van der Waals surface area contributed by atoms with Gasteiger partial charge in [-0.3, -0.25) is 19.5 Å². The molecule has 0 unspecified atom stereocenters. The van der Waals surface area contributed by atoms with E-state index in [1.165, 1.54) is 18.2 Å². The Kier molecular flexibility index (Phi) is 4.17. The lowest BCUT2D eigenvalue weighted by Crippen LogP contribution is -2.24. The normalized spacial score (nSPS) is 10.7. The van der Waals surface area contributed by atoms with Crippen molar-refractivity contribution >= 4 is 44.3 Å². The van der Waals surface area contributed by atoms with E-state index in [2.05, 4.69) is 21.2 Å². The van der Waals surface area contributed by atoms with Crippen LogP contribution in [0.4, 0.5) is 11.4 Å². The molecular weight excluding hydrogens is 382 g/mol. The maximum atomic E-state index is 12.1. The summed E-state index contributed by atoms with van der Waals surface area (Å²) in [5.41, 5.74) is 0.752. The molecule has 0 spiro atoms. The first-order valence-corrected chi connectivity index (χ1v) is 7.56. The van der Waals surface area contributed by atoms with E-state index in [1.54, 1.807) is 24.3 Å². The Morgan fingerprint density at radius 1 is 1.25 bits per heavy atom. The lowest BCUT2D eigenvalue weighted by atomic mass is 10.3. The molecule has 8 nitrogen and oxygen atoms in total. The Hall–Kier alpha value is -2.94. The van der Waals surface area contributed by atoms with Gasteiger partial charge in [0.25, 0.3) is 5.69 Å². The number of nitro benzene ring substituents is 1. The maximum Gasteiger partial charge on any atom is 0.420 e. The van der Waals surface area contributed by atoms with Crippen molar-refractivity contribution in [3.8, 4) is 0 Å². The van der Waals surface area contributed by atoms with Crippen LogP contribution in [-0.2, 0) is 11.3 Å². The number of rotatable bonds is 4.